The van der Waals surface area contributed by atoms with Crippen molar-refractivity contribution in [2.45, 2.75) is 64.6 Å². The van der Waals surface area contributed by atoms with E-state index in [-0.39, 0.29) is 30.9 Å². The van der Waals surface area contributed by atoms with Gasteiger partial charge in [-0.05, 0) is 46.7 Å². The molecular weight excluding hydrogens is 309 g/mol. The molecule has 21 heavy (non-hydrogen) atoms. The van der Waals surface area contributed by atoms with Crippen molar-refractivity contribution in [3.63, 3.8) is 0 Å². The largest absolute Gasteiger partial charge is 0.336 e. The summed E-state index contributed by atoms with van der Waals surface area (Å²) in [4.78, 5) is 17.2. The molecule has 4 nitrogen and oxygen atoms in total. The van der Waals surface area contributed by atoms with Gasteiger partial charge in [-0.3, -0.25) is 9.69 Å². The topological polar surface area (TPSA) is 35.6 Å². The van der Waals surface area contributed by atoms with Gasteiger partial charge >= 0.3 is 0 Å². The minimum Gasteiger partial charge on any atom is -0.336 e. The first-order valence-electron chi connectivity index (χ1n) is 7.89. The molecule has 6 heteroatoms. The van der Waals surface area contributed by atoms with Crippen LogP contribution in [0, 0.1) is 0 Å². The van der Waals surface area contributed by atoms with E-state index in [1.54, 1.807) is 0 Å². The van der Waals surface area contributed by atoms with E-state index in [0.29, 0.717) is 18.0 Å². The molecule has 126 valence electrons. The number of likely N-dealkylation sites (tertiary alicyclic amines) is 1. The molecule has 0 saturated carbocycles. The number of nitrogens with one attached hydrogen (secondary N) is 1. The standard InChI is InChI=1S/C15H29N3O.2ClH/c1-12-13(2)18(11-8-16-12)15(19)14(3)17-9-6-4-5-7-10-17;;/h12-14,16H,4-11H2,1-3H3;2*1H. The summed E-state index contributed by atoms with van der Waals surface area (Å²) in [6.45, 7) is 10.4. The van der Waals surface area contributed by atoms with Crippen LogP contribution in [0.3, 0.4) is 0 Å². The third kappa shape index (κ3) is 5.27. The Morgan fingerprint density at radius 3 is 2.19 bits per heavy atom. The first kappa shape index (κ1) is 21.0. The minimum atomic E-state index is 0. The Bertz CT molecular complexity index is 309. The number of rotatable bonds is 2. The van der Waals surface area contributed by atoms with Gasteiger partial charge in [-0.25, -0.2) is 0 Å². The van der Waals surface area contributed by atoms with Crippen molar-refractivity contribution in [2.75, 3.05) is 26.2 Å². The van der Waals surface area contributed by atoms with Crippen LogP contribution in [-0.2, 0) is 4.79 Å². The highest BCUT2D eigenvalue weighted by Gasteiger charge is 2.32. The molecule has 2 rings (SSSR count). The van der Waals surface area contributed by atoms with Gasteiger partial charge in [-0.2, -0.15) is 0 Å². The van der Waals surface area contributed by atoms with Crippen LogP contribution < -0.4 is 5.32 Å². The molecule has 0 aromatic heterocycles. The van der Waals surface area contributed by atoms with Gasteiger partial charge in [0.2, 0.25) is 5.91 Å². The number of carbonyl (C=O) groups is 1. The second-order valence-electron chi connectivity index (χ2n) is 6.14. The normalized spacial score (nSPS) is 28.8. The lowest BCUT2D eigenvalue weighted by Crippen LogP contribution is -2.60. The number of amides is 1. The molecule has 0 radical (unpaired) electrons. The van der Waals surface area contributed by atoms with Gasteiger partial charge in [0.25, 0.3) is 0 Å². The molecule has 2 aliphatic heterocycles. The Hall–Kier alpha value is -0.0300. The Morgan fingerprint density at radius 1 is 1.05 bits per heavy atom. The number of carbonyl (C=O) groups excluding carboxylic acids is 1. The van der Waals surface area contributed by atoms with Crippen molar-refractivity contribution in [2.24, 2.45) is 0 Å². The summed E-state index contributed by atoms with van der Waals surface area (Å²) in [6, 6.07) is 0.746. The molecule has 2 fully saturated rings. The zero-order chi connectivity index (χ0) is 13.8. The zero-order valence-corrected chi connectivity index (χ0v) is 15.1. The van der Waals surface area contributed by atoms with E-state index in [1.807, 2.05) is 0 Å². The van der Waals surface area contributed by atoms with Crippen LogP contribution in [0.4, 0.5) is 0 Å². The lowest BCUT2D eigenvalue weighted by molar-refractivity contribution is -0.140. The Kier molecular flexibility index (Phi) is 9.87. The molecule has 0 aromatic carbocycles. The van der Waals surface area contributed by atoms with Crippen LogP contribution in [0.1, 0.15) is 46.5 Å². The SMILES string of the molecule is CC1NCCN(C(=O)C(C)N2CCCCCC2)C1C.Cl.Cl. The molecule has 1 amide bonds. The first-order chi connectivity index (χ1) is 9.11. The van der Waals surface area contributed by atoms with Crippen molar-refractivity contribution in [1.82, 2.24) is 15.1 Å². The van der Waals surface area contributed by atoms with Crippen LogP contribution in [0.15, 0.2) is 0 Å². The highest BCUT2D eigenvalue weighted by atomic mass is 35.5. The van der Waals surface area contributed by atoms with Gasteiger partial charge in [-0.15, -0.1) is 24.8 Å². The van der Waals surface area contributed by atoms with E-state index in [1.165, 1.54) is 25.7 Å². The maximum atomic E-state index is 12.7. The van der Waals surface area contributed by atoms with Crippen molar-refractivity contribution in [3.05, 3.63) is 0 Å². The summed E-state index contributed by atoms with van der Waals surface area (Å²) in [7, 11) is 0. The summed E-state index contributed by atoms with van der Waals surface area (Å²) in [5.74, 6) is 0.322. The average Bonchev–Trinajstić information content (AvgIpc) is 2.69. The average molecular weight is 340 g/mol. The van der Waals surface area contributed by atoms with Gasteiger partial charge in [0.1, 0.15) is 0 Å². The van der Waals surface area contributed by atoms with Gasteiger partial charge in [-0.1, -0.05) is 12.8 Å². The van der Waals surface area contributed by atoms with Crippen LogP contribution in [-0.4, -0.2) is 60.0 Å². The molecule has 3 unspecified atom stereocenters. The second-order valence-corrected chi connectivity index (χ2v) is 6.14. The fourth-order valence-corrected chi connectivity index (χ4v) is 3.25. The van der Waals surface area contributed by atoms with Crippen molar-refractivity contribution >= 4 is 30.7 Å². The lowest BCUT2D eigenvalue weighted by atomic mass is 10.1. The van der Waals surface area contributed by atoms with Crippen LogP contribution in [0.2, 0.25) is 0 Å². The predicted molar refractivity (Wildman–Crippen MR) is 92.6 cm³/mol. The minimum absolute atomic E-state index is 0. The summed E-state index contributed by atoms with van der Waals surface area (Å²) in [5.41, 5.74) is 0. The number of hydrogen-bond donors (Lipinski definition) is 1. The Balaban J connectivity index is 0.00000200. The van der Waals surface area contributed by atoms with E-state index in [0.717, 1.165) is 26.2 Å². The highest BCUT2D eigenvalue weighted by Crippen LogP contribution is 2.16. The van der Waals surface area contributed by atoms with Crippen LogP contribution >= 0.6 is 24.8 Å². The van der Waals surface area contributed by atoms with E-state index >= 15 is 0 Å². The highest BCUT2D eigenvalue weighted by molar-refractivity contribution is 5.85. The fourth-order valence-electron chi connectivity index (χ4n) is 3.25. The molecule has 2 saturated heterocycles. The zero-order valence-electron chi connectivity index (χ0n) is 13.5. The molecule has 3 atom stereocenters. The van der Waals surface area contributed by atoms with Gasteiger partial charge in [0.05, 0.1) is 6.04 Å². The third-order valence-electron chi connectivity index (χ3n) is 4.86. The smallest absolute Gasteiger partial charge is 0.239 e. The van der Waals surface area contributed by atoms with E-state index in [2.05, 4.69) is 35.9 Å². The van der Waals surface area contributed by atoms with Gasteiger partial charge in [0, 0.05) is 25.2 Å². The number of piperazine rings is 1. The molecule has 0 spiro atoms. The van der Waals surface area contributed by atoms with Crippen molar-refractivity contribution in [1.29, 1.82) is 0 Å². The Labute approximate surface area is 141 Å². The summed E-state index contributed by atoms with van der Waals surface area (Å²) >= 11 is 0. The Morgan fingerprint density at radius 2 is 1.62 bits per heavy atom. The molecule has 0 aliphatic carbocycles. The third-order valence-corrected chi connectivity index (χ3v) is 4.86. The lowest BCUT2D eigenvalue weighted by Gasteiger charge is -2.41. The molecule has 0 bridgehead atoms. The summed E-state index contributed by atoms with van der Waals surface area (Å²) < 4.78 is 0. The van der Waals surface area contributed by atoms with Gasteiger partial charge < -0.3 is 10.2 Å². The number of hydrogen-bond acceptors (Lipinski definition) is 3. The van der Waals surface area contributed by atoms with Crippen molar-refractivity contribution < 1.29 is 4.79 Å². The van der Waals surface area contributed by atoms with Crippen LogP contribution in [0.25, 0.3) is 0 Å². The maximum Gasteiger partial charge on any atom is 0.239 e. The summed E-state index contributed by atoms with van der Waals surface area (Å²) in [5, 5.41) is 3.44. The molecule has 0 aromatic rings. The van der Waals surface area contributed by atoms with E-state index in [4.69, 9.17) is 0 Å². The molecule has 2 heterocycles. The molecular formula is C15H31Cl2N3O. The summed E-state index contributed by atoms with van der Waals surface area (Å²) in [6.07, 6.45) is 5.12. The monoisotopic (exact) mass is 339 g/mol. The van der Waals surface area contributed by atoms with E-state index in [9.17, 15) is 4.79 Å². The van der Waals surface area contributed by atoms with Crippen molar-refractivity contribution in [3.8, 4) is 0 Å². The van der Waals surface area contributed by atoms with Crippen LogP contribution in [0.5, 0.6) is 0 Å². The second kappa shape index (κ2) is 9.88. The number of halogens is 2. The first-order valence-corrected chi connectivity index (χ1v) is 7.89. The van der Waals surface area contributed by atoms with Gasteiger partial charge in [0.15, 0.2) is 0 Å². The number of nitrogens with zero attached hydrogens (tertiary/aromatic N) is 2. The fraction of sp³-hybridized carbons (Fsp3) is 0.933. The van der Waals surface area contributed by atoms with E-state index < -0.39 is 0 Å². The quantitative estimate of drug-likeness (QED) is 0.838. The molecule has 2 aliphatic rings. The molecule has 1 N–H and O–H groups in total. The predicted octanol–water partition coefficient (Wildman–Crippen LogP) is 2.30. The maximum absolute atomic E-state index is 12.7.